The van der Waals surface area contributed by atoms with Crippen molar-refractivity contribution in [2.75, 3.05) is 18.5 Å². The Labute approximate surface area is 211 Å². The number of esters is 2. The zero-order valence-electron chi connectivity index (χ0n) is 20.2. The zero-order chi connectivity index (χ0) is 26.0. The Hall–Kier alpha value is -3.20. The number of aryl methyl sites for hydroxylation is 2. The van der Waals surface area contributed by atoms with Gasteiger partial charge in [-0.1, -0.05) is 15.9 Å². The van der Waals surface area contributed by atoms with Crippen LogP contribution in [0.2, 0.25) is 0 Å². The highest BCUT2D eigenvalue weighted by molar-refractivity contribution is 9.09. The molecule has 0 aliphatic rings. The summed E-state index contributed by atoms with van der Waals surface area (Å²) in [5, 5.41) is 2.02. The van der Waals surface area contributed by atoms with Gasteiger partial charge in [0, 0.05) is 33.2 Å². The fourth-order valence-corrected chi connectivity index (χ4v) is 3.54. The molecule has 2 aromatic heterocycles. The van der Waals surface area contributed by atoms with Crippen molar-refractivity contribution in [3.8, 4) is 0 Å². The second-order valence-corrected chi connectivity index (χ2v) is 8.06. The van der Waals surface area contributed by atoms with E-state index in [2.05, 4.69) is 25.7 Å². The number of carbonyl (C=O) groups is 2. The van der Waals surface area contributed by atoms with Gasteiger partial charge in [0.05, 0.1) is 13.2 Å². The van der Waals surface area contributed by atoms with Crippen molar-refractivity contribution in [2.45, 2.75) is 34.2 Å². The van der Waals surface area contributed by atoms with Crippen molar-refractivity contribution in [1.82, 2.24) is 9.55 Å². The minimum Gasteiger partial charge on any atom is -0.465 e. The van der Waals surface area contributed by atoms with Crippen molar-refractivity contribution in [3.05, 3.63) is 71.6 Å². The highest BCUT2D eigenvalue weighted by atomic mass is 79.9. The summed E-state index contributed by atoms with van der Waals surface area (Å²) in [6.07, 6.45) is 0. The lowest BCUT2D eigenvalue weighted by Crippen LogP contribution is -2.14. The molecule has 0 unspecified atom stereocenters. The molecule has 4 rings (SSSR count). The van der Waals surface area contributed by atoms with Crippen molar-refractivity contribution in [2.24, 2.45) is 0 Å². The van der Waals surface area contributed by atoms with Crippen molar-refractivity contribution in [1.29, 1.82) is 0 Å². The van der Waals surface area contributed by atoms with Crippen LogP contribution in [0.15, 0.2) is 48.5 Å². The van der Waals surface area contributed by atoms with E-state index >= 15 is 0 Å². The molecule has 0 bridgehead atoms. The smallest absolute Gasteiger partial charge is 0.325 e. The first kappa shape index (κ1) is 28.0. The number of ether oxygens (including phenoxy) is 2. The molecule has 0 amide bonds. The fraction of sp³-hybridized carbons (Fsp3) is 0.308. The number of carbonyl (C=O) groups excluding carboxylic acids is 2. The SMILES string of the molecule is CCOC(=O)CBr.CCOC(=O)Cn1c(C)cc2cc(F)ccc21.Cc1cc2cc(F)ccc2[nH]1. The lowest BCUT2D eigenvalue weighted by molar-refractivity contribution is -0.143. The average Bonchev–Trinajstić information content (AvgIpc) is 3.32. The Bertz CT molecular complexity index is 1280. The summed E-state index contributed by atoms with van der Waals surface area (Å²) < 4.78 is 36.9. The summed E-state index contributed by atoms with van der Waals surface area (Å²) in [5.41, 5.74) is 3.81. The molecular weight excluding hydrogens is 522 g/mol. The Morgan fingerprint density at radius 1 is 0.886 bits per heavy atom. The molecule has 0 radical (unpaired) electrons. The van der Waals surface area contributed by atoms with Gasteiger partial charge in [-0.3, -0.25) is 9.59 Å². The average molecular weight is 551 g/mol. The van der Waals surface area contributed by atoms with Gasteiger partial charge in [-0.25, -0.2) is 8.78 Å². The predicted octanol–water partition coefficient (Wildman–Crippen LogP) is 6.21. The van der Waals surface area contributed by atoms with Gasteiger partial charge >= 0.3 is 11.9 Å². The molecule has 4 aromatic rings. The van der Waals surface area contributed by atoms with Crippen molar-refractivity contribution < 1.29 is 27.8 Å². The van der Waals surface area contributed by atoms with Crippen LogP contribution in [-0.2, 0) is 25.6 Å². The molecule has 0 fully saturated rings. The third-order valence-electron chi connectivity index (χ3n) is 4.79. The first-order valence-corrected chi connectivity index (χ1v) is 12.2. The predicted molar refractivity (Wildman–Crippen MR) is 137 cm³/mol. The Morgan fingerprint density at radius 3 is 2.09 bits per heavy atom. The standard InChI is InChI=1S/C13H14FNO2.C9H8FN.C4H7BrO2/c1-3-17-13(16)8-15-9(2)6-10-7-11(14)4-5-12(10)15;1-6-4-7-5-8(10)2-3-9(7)11-6;1-2-7-4(6)3-5/h4-7H,3,8H2,1-2H3;2-5,11H,1H3;2-3H2,1H3. The van der Waals surface area contributed by atoms with E-state index in [0.717, 1.165) is 33.2 Å². The van der Waals surface area contributed by atoms with Crippen LogP contribution >= 0.6 is 15.9 Å². The number of fused-ring (bicyclic) bond motifs is 2. The maximum Gasteiger partial charge on any atom is 0.325 e. The van der Waals surface area contributed by atoms with E-state index in [1.165, 1.54) is 24.3 Å². The summed E-state index contributed by atoms with van der Waals surface area (Å²) >= 11 is 2.94. The lowest BCUT2D eigenvalue weighted by atomic mass is 10.2. The van der Waals surface area contributed by atoms with Gasteiger partial charge in [-0.05, 0) is 76.2 Å². The lowest BCUT2D eigenvalue weighted by Gasteiger charge is -2.07. The Morgan fingerprint density at radius 2 is 1.49 bits per heavy atom. The topological polar surface area (TPSA) is 73.3 Å². The highest BCUT2D eigenvalue weighted by Gasteiger charge is 2.10. The van der Waals surface area contributed by atoms with Crippen LogP contribution in [0.1, 0.15) is 25.2 Å². The van der Waals surface area contributed by atoms with E-state index in [4.69, 9.17) is 4.74 Å². The van der Waals surface area contributed by atoms with E-state index in [1.54, 1.807) is 26.0 Å². The number of nitrogens with zero attached hydrogens (tertiary/aromatic N) is 1. The fourth-order valence-electron chi connectivity index (χ4n) is 3.37. The number of halogens is 3. The van der Waals surface area contributed by atoms with Gasteiger partial charge < -0.3 is 19.0 Å². The normalized spacial score (nSPS) is 10.3. The van der Waals surface area contributed by atoms with E-state index in [0.29, 0.717) is 18.5 Å². The Kier molecular flexibility index (Phi) is 10.9. The molecule has 9 heteroatoms. The third kappa shape index (κ3) is 8.51. The number of hydrogen-bond donors (Lipinski definition) is 1. The number of alkyl halides is 1. The molecule has 2 heterocycles. The number of aromatic nitrogens is 2. The summed E-state index contributed by atoms with van der Waals surface area (Å²) in [7, 11) is 0. The van der Waals surface area contributed by atoms with Crippen molar-refractivity contribution in [3.63, 3.8) is 0 Å². The molecule has 0 spiro atoms. The summed E-state index contributed by atoms with van der Waals surface area (Å²) in [4.78, 5) is 24.7. The number of hydrogen-bond acceptors (Lipinski definition) is 4. The molecule has 2 aromatic carbocycles. The molecule has 188 valence electrons. The molecule has 0 aliphatic heterocycles. The maximum atomic E-state index is 13.1. The largest absolute Gasteiger partial charge is 0.465 e. The molecule has 6 nitrogen and oxygen atoms in total. The third-order valence-corrected chi connectivity index (χ3v) is 5.25. The summed E-state index contributed by atoms with van der Waals surface area (Å²) in [6.45, 7) is 8.38. The monoisotopic (exact) mass is 550 g/mol. The number of nitrogens with one attached hydrogen (secondary N) is 1. The van der Waals surface area contributed by atoms with E-state index < -0.39 is 0 Å². The van der Waals surface area contributed by atoms with Gasteiger partial charge in [0.1, 0.15) is 23.5 Å². The van der Waals surface area contributed by atoms with Gasteiger partial charge in [0.25, 0.3) is 0 Å². The number of rotatable bonds is 5. The highest BCUT2D eigenvalue weighted by Crippen LogP contribution is 2.20. The first-order chi connectivity index (χ1) is 16.7. The number of benzene rings is 2. The van der Waals surface area contributed by atoms with Gasteiger partial charge in [-0.2, -0.15) is 0 Å². The molecule has 1 N–H and O–H groups in total. The Balaban J connectivity index is 0.000000206. The first-order valence-electron chi connectivity index (χ1n) is 11.1. The van der Waals surface area contributed by atoms with Gasteiger partial charge in [0.15, 0.2) is 0 Å². The van der Waals surface area contributed by atoms with E-state index in [9.17, 15) is 18.4 Å². The zero-order valence-corrected chi connectivity index (χ0v) is 21.7. The van der Waals surface area contributed by atoms with E-state index in [-0.39, 0.29) is 30.1 Å². The van der Waals surface area contributed by atoms with Gasteiger partial charge in [0.2, 0.25) is 0 Å². The van der Waals surface area contributed by atoms with Crippen LogP contribution < -0.4 is 0 Å². The molecular formula is C26H29BrF2N2O4. The minimum absolute atomic E-state index is 0.162. The molecule has 0 aliphatic carbocycles. The molecule has 0 atom stereocenters. The molecule has 35 heavy (non-hydrogen) atoms. The number of aromatic amines is 1. The second-order valence-electron chi connectivity index (χ2n) is 7.50. The summed E-state index contributed by atoms with van der Waals surface area (Å²) in [6, 6.07) is 13.1. The second kappa shape index (κ2) is 13.6. The summed E-state index contributed by atoms with van der Waals surface area (Å²) in [5.74, 6) is -0.942. The van der Waals surface area contributed by atoms with Crippen LogP contribution in [0.4, 0.5) is 8.78 Å². The van der Waals surface area contributed by atoms with Crippen LogP contribution in [-0.4, -0.2) is 40.0 Å². The van der Waals surface area contributed by atoms with Crippen LogP contribution in [0.3, 0.4) is 0 Å². The molecule has 0 saturated heterocycles. The van der Waals surface area contributed by atoms with Gasteiger partial charge in [-0.15, -0.1) is 0 Å². The van der Waals surface area contributed by atoms with Crippen LogP contribution in [0.5, 0.6) is 0 Å². The maximum absolute atomic E-state index is 13.1. The van der Waals surface area contributed by atoms with Crippen molar-refractivity contribution >= 4 is 49.7 Å². The quantitative estimate of drug-likeness (QED) is 0.237. The van der Waals surface area contributed by atoms with E-state index in [1.807, 2.05) is 30.5 Å². The van der Waals surface area contributed by atoms with Crippen LogP contribution in [0, 0.1) is 25.5 Å². The van der Waals surface area contributed by atoms with Crippen LogP contribution in [0.25, 0.3) is 21.8 Å². The molecule has 0 saturated carbocycles. The minimum atomic E-state index is -0.280. The number of H-pyrrole nitrogens is 1.